The molecule has 1 aliphatic heterocycles. The van der Waals surface area contributed by atoms with Crippen molar-refractivity contribution in [1.82, 2.24) is 15.5 Å². The van der Waals surface area contributed by atoms with Gasteiger partial charge in [0.25, 0.3) is 11.8 Å². The molecule has 0 bridgehead atoms. The van der Waals surface area contributed by atoms with Gasteiger partial charge in [0.05, 0.1) is 12.8 Å². The molecule has 0 radical (unpaired) electrons. The normalized spacial score (nSPS) is 14.9. The van der Waals surface area contributed by atoms with Crippen LogP contribution in [0.25, 0.3) is 0 Å². The maximum Gasteiger partial charge on any atom is 0.253 e. The molecule has 0 aliphatic carbocycles. The van der Waals surface area contributed by atoms with E-state index in [0.29, 0.717) is 42.8 Å². The van der Waals surface area contributed by atoms with Crippen molar-refractivity contribution in [2.24, 2.45) is 5.92 Å². The number of hydrogen-bond donors (Lipinski definition) is 2. The van der Waals surface area contributed by atoms with Gasteiger partial charge in [0, 0.05) is 24.2 Å². The molecule has 2 aromatic carbocycles. The fourth-order valence-electron chi connectivity index (χ4n) is 4.30. The molecule has 4 rings (SSSR count). The van der Waals surface area contributed by atoms with Crippen LogP contribution >= 0.6 is 0 Å². The van der Waals surface area contributed by atoms with Crippen molar-refractivity contribution >= 4 is 17.7 Å². The summed E-state index contributed by atoms with van der Waals surface area (Å²) in [6.07, 6.45) is 2.79. The van der Waals surface area contributed by atoms with Crippen molar-refractivity contribution in [2.45, 2.75) is 32.4 Å². The topological polar surface area (TPSA) is 91.7 Å². The van der Waals surface area contributed by atoms with Crippen LogP contribution in [-0.4, -0.2) is 41.8 Å². The third-order valence-electron chi connectivity index (χ3n) is 6.19. The van der Waals surface area contributed by atoms with E-state index < -0.39 is 6.04 Å². The van der Waals surface area contributed by atoms with Gasteiger partial charge in [-0.2, -0.15) is 0 Å². The smallest absolute Gasteiger partial charge is 0.253 e. The Morgan fingerprint density at radius 1 is 0.971 bits per heavy atom. The molecule has 3 amide bonds. The Balaban J connectivity index is 1.44. The minimum atomic E-state index is -0.711. The average molecular weight is 460 g/mol. The summed E-state index contributed by atoms with van der Waals surface area (Å²) in [7, 11) is 0. The molecule has 1 atom stereocenters. The zero-order chi connectivity index (χ0) is 23.9. The maximum absolute atomic E-state index is 13.2. The summed E-state index contributed by atoms with van der Waals surface area (Å²) < 4.78 is 5.31. The first-order chi connectivity index (χ1) is 16.5. The van der Waals surface area contributed by atoms with Gasteiger partial charge in [-0.25, -0.2) is 0 Å². The minimum Gasteiger partial charge on any atom is -0.467 e. The van der Waals surface area contributed by atoms with Crippen LogP contribution in [0.2, 0.25) is 0 Å². The van der Waals surface area contributed by atoms with E-state index >= 15 is 0 Å². The van der Waals surface area contributed by atoms with E-state index in [0.717, 1.165) is 5.56 Å². The number of nitrogens with one attached hydrogen (secondary N) is 2. The highest BCUT2D eigenvalue weighted by Gasteiger charge is 2.34. The predicted molar refractivity (Wildman–Crippen MR) is 128 cm³/mol. The molecule has 7 heteroatoms. The van der Waals surface area contributed by atoms with Gasteiger partial charge >= 0.3 is 0 Å². The SMILES string of the molecule is Cc1cccc(C(=O)NC(C(=O)NCc2ccco2)C2CCN(C(=O)c3ccccc3)CC2)c1. The number of hydrogen-bond acceptors (Lipinski definition) is 4. The number of aryl methyl sites for hydroxylation is 1. The molecular formula is C27H29N3O4. The molecule has 2 heterocycles. The summed E-state index contributed by atoms with van der Waals surface area (Å²) in [5, 5.41) is 5.83. The predicted octanol–water partition coefficient (Wildman–Crippen LogP) is 3.56. The number of piperidine rings is 1. The van der Waals surface area contributed by atoms with Crippen molar-refractivity contribution in [1.29, 1.82) is 0 Å². The first-order valence-corrected chi connectivity index (χ1v) is 11.5. The van der Waals surface area contributed by atoms with Crippen molar-refractivity contribution in [3.63, 3.8) is 0 Å². The molecular weight excluding hydrogens is 430 g/mol. The number of nitrogens with zero attached hydrogens (tertiary/aromatic N) is 1. The van der Waals surface area contributed by atoms with Gasteiger partial charge in [0.2, 0.25) is 5.91 Å². The Morgan fingerprint density at radius 2 is 1.71 bits per heavy atom. The quantitative estimate of drug-likeness (QED) is 0.565. The van der Waals surface area contributed by atoms with Crippen molar-refractivity contribution < 1.29 is 18.8 Å². The number of benzene rings is 2. The standard InChI is InChI=1S/C27H29N3O4/c1-19-7-5-10-22(17-19)25(31)29-24(26(32)28-18-23-11-6-16-34-23)20-12-14-30(15-13-20)27(33)21-8-3-2-4-9-21/h2-11,16-17,20,24H,12-15,18H2,1H3,(H,28,32)(H,29,31). The monoisotopic (exact) mass is 459 g/mol. The largest absolute Gasteiger partial charge is 0.467 e. The lowest BCUT2D eigenvalue weighted by molar-refractivity contribution is -0.124. The number of rotatable bonds is 7. The molecule has 34 heavy (non-hydrogen) atoms. The van der Waals surface area contributed by atoms with E-state index in [1.807, 2.05) is 42.2 Å². The van der Waals surface area contributed by atoms with E-state index in [2.05, 4.69) is 10.6 Å². The van der Waals surface area contributed by atoms with Gasteiger partial charge in [-0.05, 0) is 62.1 Å². The number of carbonyl (C=O) groups excluding carboxylic acids is 3. The first-order valence-electron chi connectivity index (χ1n) is 11.5. The molecule has 1 aromatic heterocycles. The van der Waals surface area contributed by atoms with E-state index in [1.165, 1.54) is 0 Å². The fraction of sp³-hybridized carbons (Fsp3) is 0.296. The molecule has 0 spiro atoms. The first kappa shape index (κ1) is 23.3. The molecule has 1 aliphatic rings. The number of furan rings is 1. The van der Waals surface area contributed by atoms with Gasteiger partial charge in [-0.1, -0.05) is 35.9 Å². The Hall–Kier alpha value is -3.87. The van der Waals surface area contributed by atoms with E-state index in [4.69, 9.17) is 4.42 Å². The van der Waals surface area contributed by atoms with Crippen LogP contribution in [0.1, 0.15) is 44.9 Å². The number of carbonyl (C=O) groups is 3. The third kappa shape index (κ3) is 5.73. The number of likely N-dealkylation sites (tertiary alicyclic amines) is 1. The molecule has 0 saturated carbocycles. The van der Waals surface area contributed by atoms with E-state index in [-0.39, 0.29) is 30.2 Å². The van der Waals surface area contributed by atoms with E-state index in [9.17, 15) is 14.4 Å². The van der Waals surface area contributed by atoms with Crippen LogP contribution in [0.3, 0.4) is 0 Å². The highest BCUT2D eigenvalue weighted by Crippen LogP contribution is 2.23. The van der Waals surface area contributed by atoms with Crippen molar-refractivity contribution in [3.05, 3.63) is 95.4 Å². The zero-order valence-corrected chi connectivity index (χ0v) is 19.2. The number of amides is 3. The molecule has 3 aromatic rings. The Morgan fingerprint density at radius 3 is 2.38 bits per heavy atom. The maximum atomic E-state index is 13.2. The molecule has 7 nitrogen and oxygen atoms in total. The lowest BCUT2D eigenvalue weighted by atomic mass is 9.88. The highest BCUT2D eigenvalue weighted by molar-refractivity contribution is 5.98. The van der Waals surface area contributed by atoms with Crippen molar-refractivity contribution in [2.75, 3.05) is 13.1 Å². The van der Waals surface area contributed by atoms with Gasteiger partial charge in [0.1, 0.15) is 11.8 Å². The van der Waals surface area contributed by atoms with E-state index in [1.54, 1.807) is 42.7 Å². The second kappa shape index (κ2) is 10.8. The molecule has 2 N–H and O–H groups in total. The third-order valence-corrected chi connectivity index (χ3v) is 6.19. The summed E-state index contributed by atoms with van der Waals surface area (Å²) in [5.41, 5.74) is 2.14. The average Bonchev–Trinajstić information content (AvgIpc) is 3.40. The zero-order valence-electron chi connectivity index (χ0n) is 19.2. The van der Waals surface area contributed by atoms with Gasteiger partial charge in [-0.15, -0.1) is 0 Å². The Kier molecular flexibility index (Phi) is 7.42. The second-order valence-corrected chi connectivity index (χ2v) is 8.61. The van der Waals surface area contributed by atoms with Crippen LogP contribution in [0.15, 0.2) is 77.4 Å². The lowest BCUT2D eigenvalue weighted by Crippen LogP contribution is -2.53. The van der Waals surface area contributed by atoms with Crippen LogP contribution in [0, 0.1) is 12.8 Å². The Bertz CT molecular complexity index is 1120. The molecule has 176 valence electrons. The molecule has 1 fully saturated rings. The molecule has 1 saturated heterocycles. The van der Waals surface area contributed by atoms with Gasteiger partial charge in [-0.3, -0.25) is 14.4 Å². The van der Waals surface area contributed by atoms with Gasteiger partial charge in [0.15, 0.2) is 0 Å². The van der Waals surface area contributed by atoms with Crippen LogP contribution < -0.4 is 10.6 Å². The highest BCUT2D eigenvalue weighted by atomic mass is 16.3. The van der Waals surface area contributed by atoms with Crippen LogP contribution in [0.4, 0.5) is 0 Å². The van der Waals surface area contributed by atoms with Crippen LogP contribution in [0.5, 0.6) is 0 Å². The minimum absolute atomic E-state index is 0.0123. The second-order valence-electron chi connectivity index (χ2n) is 8.61. The van der Waals surface area contributed by atoms with Crippen molar-refractivity contribution in [3.8, 4) is 0 Å². The molecule has 1 unspecified atom stereocenters. The van der Waals surface area contributed by atoms with Gasteiger partial charge < -0.3 is 20.0 Å². The fourth-order valence-corrected chi connectivity index (χ4v) is 4.30. The van der Waals surface area contributed by atoms with Crippen LogP contribution in [-0.2, 0) is 11.3 Å². The summed E-state index contributed by atoms with van der Waals surface area (Å²) in [6.45, 7) is 3.22. The lowest BCUT2D eigenvalue weighted by Gasteiger charge is -2.36. The summed E-state index contributed by atoms with van der Waals surface area (Å²) >= 11 is 0. The summed E-state index contributed by atoms with van der Waals surface area (Å²) in [5.74, 6) is -0.0119. The summed E-state index contributed by atoms with van der Waals surface area (Å²) in [6, 6.07) is 19.3. The summed E-state index contributed by atoms with van der Waals surface area (Å²) in [4.78, 5) is 40.7. The Labute approximate surface area is 199 Å².